The van der Waals surface area contributed by atoms with Crippen LogP contribution in [0.15, 0.2) is 24.3 Å². The zero-order valence-electron chi connectivity index (χ0n) is 14.0. The summed E-state index contributed by atoms with van der Waals surface area (Å²) in [5.74, 6) is 0.273. The third kappa shape index (κ3) is 3.08. The molecule has 0 radical (unpaired) electrons. The van der Waals surface area contributed by atoms with Crippen LogP contribution in [0.5, 0.6) is 0 Å². The third-order valence-electron chi connectivity index (χ3n) is 4.19. The molecule has 1 aliphatic heterocycles. The Kier molecular flexibility index (Phi) is 4.35. The molecule has 5 nitrogen and oxygen atoms in total. The lowest BCUT2D eigenvalue weighted by Gasteiger charge is -2.27. The summed E-state index contributed by atoms with van der Waals surface area (Å²) in [6, 6.07) is 8.37. The molecule has 1 atom stereocenters. The quantitative estimate of drug-likeness (QED) is 0.849. The molecule has 1 aromatic carbocycles. The van der Waals surface area contributed by atoms with Gasteiger partial charge in [-0.1, -0.05) is 43.4 Å². The van der Waals surface area contributed by atoms with Gasteiger partial charge in [-0.05, 0) is 18.6 Å². The molecule has 1 aromatic heterocycles. The van der Waals surface area contributed by atoms with Gasteiger partial charge in [-0.2, -0.15) is 0 Å². The summed E-state index contributed by atoms with van der Waals surface area (Å²) in [6.07, 6.45) is 0. The van der Waals surface area contributed by atoms with Crippen molar-refractivity contribution in [2.45, 2.75) is 39.3 Å². The lowest BCUT2D eigenvalue weighted by Crippen LogP contribution is -2.41. The van der Waals surface area contributed by atoms with Crippen molar-refractivity contribution in [3.63, 3.8) is 0 Å². The minimum absolute atomic E-state index is 0.0213. The van der Waals surface area contributed by atoms with Crippen LogP contribution in [0.4, 0.5) is 5.69 Å². The first kappa shape index (κ1) is 15.9. The summed E-state index contributed by atoms with van der Waals surface area (Å²) >= 11 is 1.41. The van der Waals surface area contributed by atoms with E-state index >= 15 is 0 Å². The predicted octanol–water partition coefficient (Wildman–Crippen LogP) is 3.14. The van der Waals surface area contributed by atoms with E-state index < -0.39 is 0 Å². The SMILES string of the molecule is CC(C)c1nnc(C(=O)N2Cc3ccccc3N(C)C[C@@H]2C)s1. The van der Waals surface area contributed by atoms with Gasteiger partial charge in [-0.25, -0.2) is 0 Å². The second-order valence-electron chi connectivity index (χ2n) is 6.39. The number of rotatable bonds is 2. The van der Waals surface area contributed by atoms with Gasteiger partial charge in [0.05, 0.1) is 0 Å². The molecule has 0 spiro atoms. The van der Waals surface area contributed by atoms with Crippen molar-refractivity contribution in [3.05, 3.63) is 39.8 Å². The molecule has 3 rings (SSSR count). The third-order valence-corrected chi connectivity index (χ3v) is 5.40. The molecule has 6 heteroatoms. The van der Waals surface area contributed by atoms with Crippen LogP contribution < -0.4 is 4.90 Å². The van der Waals surface area contributed by atoms with Gasteiger partial charge >= 0.3 is 0 Å². The first-order chi connectivity index (χ1) is 11.0. The number of aromatic nitrogens is 2. The number of nitrogens with zero attached hydrogens (tertiary/aromatic N) is 4. The van der Waals surface area contributed by atoms with E-state index in [0.717, 1.165) is 11.6 Å². The van der Waals surface area contributed by atoms with Crippen LogP contribution in [0.25, 0.3) is 0 Å². The van der Waals surface area contributed by atoms with E-state index in [2.05, 4.69) is 55.0 Å². The minimum Gasteiger partial charge on any atom is -0.372 e. The molecular weight excluding hydrogens is 308 g/mol. The Labute approximate surface area is 140 Å². The number of carbonyl (C=O) groups is 1. The lowest BCUT2D eigenvalue weighted by atomic mass is 10.1. The fraction of sp³-hybridized carbons (Fsp3) is 0.471. The Morgan fingerprint density at radius 1 is 1.30 bits per heavy atom. The van der Waals surface area contributed by atoms with Crippen molar-refractivity contribution < 1.29 is 4.79 Å². The highest BCUT2D eigenvalue weighted by Crippen LogP contribution is 2.28. The van der Waals surface area contributed by atoms with Gasteiger partial charge < -0.3 is 9.80 Å². The van der Waals surface area contributed by atoms with Crippen molar-refractivity contribution >= 4 is 22.9 Å². The summed E-state index contributed by atoms with van der Waals surface area (Å²) in [4.78, 5) is 17.1. The van der Waals surface area contributed by atoms with E-state index in [1.54, 1.807) is 0 Å². The normalized spacial score (nSPS) is 18.0. The molecule has 1 aliphatic rings. The first-order valence-electron chi connectivity index (χ1n) is 7.90. The number of likely N-dealkylation sites (N-methyl/N-ethyl adjacent to an activating group) is 1. The highest BCUT2D eigenvalue weighted by atomic mass is 32.1. The number of anilines is 1. The number of para-hydroxylation sites is 1. The monoisotopic (exact) mass is 330 g/mol. The van der Waals surface area contributed by atoms with Gasteiger partial charge in [0.2, 0.25) is 5.01 Å². The van der Waals surface area contributed by atoms with Gasteiger partial charge in [0.25, 0.3) is 5.91 Å². The standard InChI is InChI=1S/C17H22N4OS/c1-11(2)15-18-19-16(23-15)17(22)21-10-13-7-5-6-8-14(13)20(4)9-12(21)3/h5-8,11-12H,9-10H2,1-4H3/t12-/m0/s1. The molecule has 2 heterocycles. The smallest absolute Gasteiger partial charge is 0.285 e. The molecular formula is C17H22N4OS. The Morgan fingerprint density at radius 2 is 2.04 bits per heavy atom. The molecule has 122 valence electrons. The largest absolute Gasteiger partial charge is 0.372 e. The van der Waals surface area contributed by atoms with Gasteiger partial charge in [0.1, 0.15) is 5.01 Å². The fourth-order valence-electron chi connectivity index (χ4n) is 2.90. The van der Waals surface area contributed by atoms with Gasteiger partial charge in [-0.3, -0.25) is 4.79 Å². The number of benzene rings is 1. The van der Waals surface area contributed by atoms with Crippen LogP contribution in [-0.2, 0) is 6.54 Å². The van der Waals surface area contributed by atoms with Crippen molar-refractivity contribution in [2.75, 3.05) is 18.5 Å². The predicted molar refractivity (Wildman–Crippen MR) is 93.0 cm³/mol. The minimum atomic E-state index is -0.0213. The topological polar surface area (TPSA) is 49.3 Å². The summed E-state index contributed by atoms with van der Waals surface area (Å²) in [6.45, 7) is 7.63. The number of hydrogen-bond donors (Lipinski definition) is 0. The molecule has 0 saturated carbocycles. The van der Waals surface area contributed by atoms with Crippen molar-refractivity contribution in [1.82, 2.24) is 15.1 Å². The average Bonchev–Trinajstić information content (AvgIpc) is 2.98. The molecule has 0 fully saturated rings. The van der Waals surface area contributed by atoms with Gasteiger partial charge in [-0.15, -0.1) is 10.2 Å². The van der Waals surface area contributed by atoms with E-state index in [4.69, 9.17) is 0 Å². The summed E-state index contributed by atoms with van der Waals surface area (Å²) in [5.41, 5.74) is 2.36. The summed E-state index contributed by atoms with van der Waals surface area (Å²) in [5, 5.41) is 9.67. The van der Waals surface area contributed by atoms with Crippen LogP contribution in [0.2, 0.25) is 0 Å². The number of hydrogen-bond acceptors (Lipinski definition) is 5. The molecule has 0 unspecified atom stereocenters. The van der Waals surface area contributed by atoms with Crippen molar-refractivity contribution in [3.8, 4) is 0 Å². The maximum atomic E-state index is 12.9. The van der Waals surface area contributed by atoms with E-state index in [-0.39, 0.29) is 11.9 Å². The number of amides is 1. The molecule has 0 saturated heterocycles. The lowest BCUT2D eigenvalue weighted by molar-refractivity contribution is 0.0686. The van der Waals surface area contributed by atoms with Crippen molar-refractivity contribution in [2.24, 2.45) is 0 Å². The fourth-order valence-corrected chi connectivity index (χ4v) is 3.70. The summed E-state index contributed by atoms with van der Waals surface area (Å²) < 4.78 is 0. The maximum absolute atomic E-state index is 12.9. The molecule has 2 aromatic rings. The van der Waals surface area contributed by atoms with Crippen molar-refractivity contribution in [1.29, 1.82) is 0 Å². The molecule has 0 bridgehead atoms. The Balaban J connectivity index is 1.90. The highest BCUT2D eigenvalue weighted by molar-refractivity contribution is 7.13. The Morgan fingerprint density at radius 3 is 2.74 bits per heavy atom. The van der Waals surface area contributed by atoms with Crippen LogP contribution in [0.3, 0.4) is 0 Å². The molecule has 23 heavy (non-hydrogen) atoms. The number of carbonyl (C=O) groups excluding carboxylic acids is 1. The Bertz CT molecular complexity index is 712. The molecule has 1 amide bonds. The first-order valence-corrected chi connectivity index (χ1v) is 8.72. The van der Waals surface area contributed by atoms with Gasteiger partial charge in [0, 0.05) is 37.8 Å². The maximum Gasteiger partial charge on any atom is 0.285 e. The van der Waals surface area contributed by atoms with E-state index in [9.17, 15) is 4.79 Å². The van der Waals surface area contributed by atoms with E-state index in [0.29, 0.717) is 17.5 Å². The molecule has 0 aliphatic carbocycles. The second-order valence-corrected chi connectivity index (χ2v) is 7.40. The van der Waals surface area contributed by atoms with Crippen LogP contribution in [0, 0.1) is 0 Å². The second kappa shape index (κ2) is 6.28. The van der Waals surface area contributed by atoms with Gasteiger partial charge in [0.15, 0.2) is 0 Å². The van der Waals surface area contributed by atoms with Crippen LogP contribution in [-0.4, -0.2) is 40.6 Å². The molecule has 0 N–H and O–H groups in total. The zero-order valence-corrected chi connectivity index (χ0v) is 14.8. The zero-order chi connectivity index (χ0) is 16.6. The van der Waals surface area contributed by atoms with Crippen LogP contribution >= 0.6 is 11.3 Å². The number of fused-ring (bicyclic) bond motifs is 1. The van der Waals surface area contributed by atoms with Crippen LogP contribution in [0.1, 0.15) is 47.1 Å². The summed E-state index contributed by atoms with van der Waals surface area (Å²) in [7, 11) is 2.07. The Hall–Kier alpha value is -1.95. The van der Waals surface area contributed by atoms with E-state index in [1.165, 1.54) is 22.6 Å². The highest BCUT2D eigenvalue weighted by Gasteiger charge is 2.29. The average molecular weight is 330 g/mol. The van der Waals surface area contributed by atoms with E-state index in [1.807, 2.05) is 17.0 Å².